The Kier molecular flexibility index (Phi) is 4.60. The van der Waals surface area contributed by atoms with E-state index in [4.69, 9.17) is 11.6 Å². The first-order valence-corrected chi connectivity index (χ1v) is 13.1. The first-order chi connectivity index (χ1) is 16.7. The first-order valence-electron chi connectivity index (χ1n) is 11.1. The maximum Gasteiger partial charge on any atom is 0.0547 e. The molecule has 0 amide bonds. The Morgan fingerprint density at radius 1 is 0.618 bits per heavy atom. The molecule has 0 saturated heterocycles. The molecule has 0 N–H and O–H groups in total. The topological polar surface area (TPSA) is 4.93 Å². The SMILES string of the molecule is Clc1ccc2c(c1)sc1c(Br)cc(-c3ccc4c5ccccc5n(-c5ccccc5)c4c3)cc12. The van der Waals surface area contributed by atoms with Gasteiger partial charge in [0.25, 0.3) is 0 Å². The van der Waals surface area contributed by atoms with Crippen molar-refractivity contribution in [2.45, 2.75) is 0 Å². The lowest BCUT2D eigenvalue weighted by atomic mass is 10.0. The van der Waals surface area contributed by atoms with Gasteiger partial charge in [-0.15, -0.1) is 11.3 Å². The Hall–Kier alpha value is -3.11. The number of fused-ring (bicyclic) bond motifs is 6. The van der Waals surface area contributed by atoms with Gasteiger partial charge in [-0.1, -0.05) is 66.2 Å². The highest BCUT2D eigenvalue weighted by Crippen LogP contribution is 2.42. The van der Waals surface area contributed by atoms with E-state index in [1.807, 2.05) is 6.07 Å². The molecule has 0 spiro atoms. The Labute approximate surface area is 214 Å². The summed E-state index contributed by atoms with van der Waals surface area (Å²) in [5.41, 5.74) is 5.99. The van der Waals surface area contributed by atoms with Crippen molar-refractivity contribution in [3.63, 3.8) is 0 Å². The molecule has 0 unspecified atom stereocenters. The van der Waals surface area contributed by atoms with Gasteiger partial charge in [-0.3, -0.25) is 0 Å². The third kappa shape index (κ3) is 3.05. The van der Waals surface area contributed by atoms with Crippen LogP contribution in [0.3, 0.4) is 0 Å². The van der Waals surface area contributed by atoms with Crippen molar-refractivity contribution in [3.05, 3.63) is 113 Å². The molecule has 0 radical (unpaired) electrons. The first kappa shape index (κ1) is 20.3. The van der Waals surface area contributed by atoms with Gasteiger partial charge in [0.05, 0.1) is 11.0 Å². The third-order valence-corrected chi connectivity index (χ3v) is 8.84. The van der Waals surface area contributed by atoms with E-state index in [-0.39, 0.29) is 0 Å². The van der Waals surface area contributed by atoms with Crippen LogP contribution in [-0.2, 0) is 0 Å². The van der Waals surface area contributed by atoms with Gasteiger partial charge in [-0.05, 0) is 75.6 Å². The Morgan fingerprint density at radius 2 is 1.38 bits per heavy atom. The molecule has 0 aliphatic carbocycles. The lowest BCUT2D eigenvalue weighted by Gasteiger charge is -2.09. The van der Waals surface area contributed by atoms with Gasteiger partial charge in [-0.2, -0.15) is 0 Å². The Morgan fingerprint density at radius 3 is 2.26 bits per heavy atom. The summed E-state index contributed by atoms with van der Waals surface area (Å²) in [7, 11) is 0. The minimum atomic E-state index is 0.773. The van der Waals surface area contributed by atoms with E-state index in [0.717, 1.165) is 9.50 Å². The minimum absolute atomic E-state index is 0.773. The normalized spacial score (nSPS) is 11.8. The number of nitrogens with zero attached hydrogens (tertiary/aromatic N) is 1. The fraction of sp³-hybridized carbons (Fsp3) is 0. The summed E-state index contributed by atoms with van der Waals surface area (Å²) in [6.45, 7) is 0. The number of thiophene rings is 1. The maximum absolute atomic E-state index is 6.26. The molecular formula is C30H17BrClNS. The number of para-hydroxylation sites is 2. The summed E-state index contributed by atoms with van der Waals surface area (Å²) in [5.74, 6) is 0. The van der Waals surface area contributed by atoms with E-state index >= 15 is 0 Å². The summed E-state index contributed by atoms with van der Waals surface area (Å²) in [6.07, 6.45) is 0. The second-order valence-electron chi connectivity index (χ2n) is 8.50. The third-order valence-electron chi connectivity index (χ3n) is 6.51. The molecule has 2 heterocycles. The molecule has 7 rings (SSSR count). The van der Waals surface area contributed by atoms with Crippen LogP contribution < -0.4 is 0 Å². The highest BCUT2D eigenvalue weighted by atomic mass is 79.9. The molecule has 5 aromatic carbocycles. The predicted molar refractivity (Wildman–Crippen MR) is 152 cm³/mol. The smallest absolute Gasteiger partial charge is 0.0547 e. The van der Waals surface area contributed by atoms with Crippen LogP contribution in [0.15, 0.2) is 108 Å². The number of aromatic nitrogens is 1. The molecule has 0 bridgehead atoms. The molecular weight excluding hydrogens is 522 g/mol. The largest absolute Gasteiger partial charge is 0.309 e. The fourth-order valence-electron chi connectivity index (χ4n) is 4.98. The highest BCUT2D eigenvalue weighted by molar-refractivity contribution is 9.10. The van der Waals surface area contributed by atoms with Crippen molar-refractivity contribution < 1.29 is 0 Å². The molecule has 7 aromatic rings. The molecule has 4 heteroatoms. The second-order valence-corrected chi connectivity index (χ2v) is 10.8. The van der Waals surface area contributed by atoms with Gasteiger partial charge in [0.1, 0.15) is 0 Å². The van der Waals surface area contributed by atoms with Crippen molar-refractivity contribution in [2.24, 2.45) is 0 Å². The van der Waals surface area contributed by atoms with Crippen LogP contribution in [-0.4, -0.2) is 4.57 Å². The van der Waals surface area contributed by atoms with E-state index in [1.165, 1.54) is 58.8 Å². The van der Waals surface area contributed by atoms with E-state index < -0.39 is 0 Å². The van der Waals surface area contributed by atoms with Gasteiger partial charge in [0.2, 0.25) is 0 Å². The summed E-state index contributed by atoms with van der Waals surface area (Å²) in [4.78, 5) is 0. The molecule has 0 saturated carbocycles. The van der Waals surface area contributed by atoms with Crippen LogP contribution in [0.25, 0.3) is 58.8 Å². The molecule has 1 nitrogen and oxygen atoms in total. The molecule has 162 valence electrons. The zero-order valence-corrected chi connectivity index (χ0v) is 21.1. The average Bonchev–Trinajstić information content (AvgIpc) is 3.39. The lowest BCUT2D eigenvalue weighted by Crippen LogP contribution is -1.93. The monoisotopic (exact) mass is 537 g/mol. The molecule has 0 aliphatic heterocycles. The van der Waals surface area contributed by atoms with Crippen molar-refractivity contribution in [1.29, 1.82) is 0 Å². The van der Waals surface area contributed by atoms with Crippen LogP contribution in [0, 0.1) is 0 Å². The Bertz CT molecular complexity index is 1880. The van der Waals surface area contributed by atoms with Crippen LogP contribution in [0.5, 0.6) is 0 Å². The number of rotatable bonds is 2. The lowest BCUT2D eigenvalue weighted by molar-refractivity contribution is 1.18. The second kappa shape index (κ2) is 7.71. The molecule has 0 fully saturated rings. The number of benzene rings is 5. The van der Waals surface area contributed by atoms with Crippen LogP contribution in [0.4, 0.5) is 0 Å². The number of hydrogen-bond donors (Lipinski definition) is 0. The van der Waals surface area contributed by atoms with Crippen molar-refractivity contribution in [1.82, 2.24) is 4.57 Å². The quantitative estimate of drug-likeness (QED) is 0.206. The average molecular weight is 539 g/mol. The van der Waals surface area contributed by atoms with Gasteiger partial charge in [-0.25, -0.2) is 0 Å². The number of halogens is 2. The van der Waals surface area contributed by atoms with Crippen LogP contribution >= 0.6 is 38.9 Å². The van der Waals surface area contributed by atoms with E-state index in [0.29, 0.717) is 0 Å². The van der Waals surface area contributed by atoms with E-state index in [9.17, 15) is 0 Å². The number of hydrogen-bond acceptors (Lipinski definition) is 1. The minimum Gasteiger partial charge on any atom is -0.309 e. The summed E-state index contributed by atoms with van der Waals surface area (Å²) in [5, 5.41) is 5.80. The zero-order chi connectivity index (χ0) is 22.8. The van der Waals surface area contributed by atoms with Gasteiger partial charge in [0, 0.05) is 46.1 Å². The van der Waals surface area contributed by atoms with Gasteiger partial charge < -0.3 is 4.57 Å². The van der Waals surface area contributed by atoms with E-state index in [2.05, 4.69) is 118 Å². The Balaban J connectivity index is 1.51. The zero-order valence-electron chi connectivity index (χ0n) is 17.9. The van der Waals surface area contributed by atoms with Crippen molar-refractivity contribution in [3.8, 4) is 16.8 Å². The van der Waals surface area contributed by atoms with Crippen LogP contribution in [0.2, 0.25) is 5.02 Å². The van der Waals surface area contributed by atoms with Crippen LogP contribution in [0.1, 0.15) is 0 Å². The standard InChI is InChI=1S/C30H17BrClNS/c31-26-15-19(14-25-24-13-11-20(32)17-29(24)34-30(25)26)18-10-12-23-22-8-4-5-9-27(22)33(28(23)16-18)21-6-2-1-3-7-21/h1-17H. The predicted octanol–water partition coefficient (Wildman–Crippen LogP) is 10.2. The highest BCUT2D eigenvalue weighted by Gasteiger charge is 2.15. The summed E-state index contributed by atoms with van der Waals surface area (Å²) in [6, 6.07) is 36.8. The summed E-state index contributed by atoms with van der Waals surface area (Å²) < 4.78 is 5.94. The van der Waals surface area contributed by atoms with Gasteiger partial charge in [0.15, 0.2) is 0 Å². The fourth-order valence-corrected chi connectivity index (χ4v) is 7.05. The molecule has 34 heavy (non-hydrogen) atoms. The summed E-state index contributed by atoms with van der Waals surface area (Å²) >= 11 is 11.9. The van der Waals surface area contributed by atoms with E-state index in [1.54, 1.807) is 11.3 Å². The van der Waals surface area contributed by atoms with Crippen molar-refractivity contribution >= 4 is 80.8 Å². The molecule has 0 atom stereocenters. The maximum atomic E-state index is 6.26. The molecule has 2 aromatic heterocycles. The van der Waals surface area contributed by atoms with Crippen molar-refractivity contribution in [2.75, 3.05) is 0 Å². The molecule has 0 aliphatic rings. The van der Waals surface area contributed by atoms with Gasteiger partial charge >= 0.3 is 0 Å².